The standard InChI is InChI=1S/C25H35N7O2/c33-25(31-10-8-29(9-11-31)21-2-1-3-21)19-28-7-5-23-20(17-28)18-32(27-23)22-4-6-26-24(16-22)30-12-14-34-15-13-30/h4,6,16,18,21H,1-3,5,7-15,17,19H2. The summed E-state index contributed by atoms with van der Waals surface area (Å²) in [5, 5.41) is 4.87. The maximum absolute atomic E-state index is 13.0. The van der Waals surface area contributed by atoms with Gasteiger partial charge in [-0.2, -0.15) is 5.10 Å². The molecule has 1 amide bonds. The number of morpholine rings is 1. The van der Waals surface area contributed by atoms with Crippen LogP contribution in [0.25, 0.3) is 5.69 Å². The molecule has 182 valence electrons. The lowest BCUT2D eigenvalue weighted by molar-refractivity contribution is -0.135. The van der Waals surface area contributed by atoms with E-state index in [2.05, 4.69) is 36.8 Å². The van der Waals surface area contributed by atoms with E-state index in [1.165, 1.54) is 24.8 Å². The number of hydrogen-bond donors (Lipinski definition) is 0. The molecule has 4 aliphatic rings. The van der Waals surface area contributed by atoms with Crippen LogP contribution in [0.3, 0.4) is 0 Å². The van der Waals surface area contributed by atoms with Crippen LogP contribution in [-0.4, -0.2) is 107 Å². The number of hydrogen-bond acceptors (Lipinski definition) is 7. The lowest BCUT2D eigenvalue weighted by Gasteiger charge is -2.43. The number of ether oxygens (including phenoxy) is 1. The van der Waals surface area contributed by atoms with Crippen LogP contribution in [0.15, 0.2) is 24.5 Å². The zero-order valence-corrected chi connectivity index (χ0v) is 19.9. The van der Waals surface area contributed by atoms with E-state index in [9.17, 15) is 4.79 Å². The van der Waals surface area contributed by atoms with Crippen LogP contribution in [0.1, 0.15) is 30.5 Å². The fourth-order valence-corrected chi connectivity index (χ4v) is 5.53. The van der Waals surface area contributed by atoms with Crippen LogP contribution >= 0.6 is 0 Å². The molecule has 0 spiro atoms. The number of anilines is 1. The fraction of sp³-hybridized carbons (Fsp3) is 0.640. The van der Waals surface area contributed by atoms with Gasteiger partial charge >= 0.3 is 0 Å². The highest BCUT2D eigenvalue weighted by Crippen LogP contribution is 2.26. The van der Waals surface area contributed by atoms with Crippen molar-refractivity contribution in [2.75, 3.05) is 70.5 Å². The number of amides is 1. The number of fused-ring (bicyclic) bond motifs is 1. The lowest BCUT2D eigenvalue weighted by Crippen LogP contribution is -2.55. The maximum atomic E-state index is 13.0. The summed E-state index contributed by atoms with van der Waals surface area (Å²) >= 11 is 0. The Hall–Kier alpha value is -2.49. The highest BCUT2D eigenvalue weighted by molar-refractivity contribution is 5.78. The van der Waals surface area contributed by atoms with Gasteiger partial charge in [-0.1, -0.05) is 6.42 Å². The summed E-state index contributed by atoms with van der Waals surface area (Å²) in [6.45, 7) is 9.20. The first-order valence-corrected chi connectivity index (χ1v) is 12.8. The molecule has 9 heteroatoms. The van der Waals surface area contributed by atoms with Crippen molar-refractivity contribution in [2.45, 2.75) is 38.3 Å². The fourth-order valence-electron chi connectivity index (χ4n) is 5.53. The third kappa shape index (κ3) is 4.56. The topological polar surface area (TPSA) is 70.0 Å². The van der Waals surface area contributed by atoms with Gasteiger partial charge in [-0.3, -0.25) is 14.6 Å². The van der Waals surface area contributed by atoms with Gasteiger partial charge < -0.3 is 14.5 Å². The van der Waals surface area contributed by atoms with Crippen molar-refractivity contribution in [1.29, 1.82) is 0 Å². The lowest BCUT2D eigenvalue weighted by atomic mass is 9.91. The molecule has 34 heavy (non-hydrogen) atoms. The summed E-state index contributed by atoms with van der Waals surface area (Å²) in [5.74, 6) is 1.24. The van der Waals surface area contributed by atoms with E-state index in [0.717, 1.165) is 95.2 Å². The molecule has 2 aromatic rings. The Balaban J connectivity index is 1.06. The summed E-state index contributed by atoms with van der Waals surface area (Å²) < 4.78 is 7.44. The van der Waals surface area contributed by atoms with Crippen molar-refractivity contribution >= 4 is 11.7 Å². The van der Waals surface area contributed by atoms with Crippen LogP contribution in [-0.2, 0) is 22.5 Å². The molecule has 0 atom stereocenters. The van der Waals surface area contributed by atoms with Crippen LogP contribution in [0.2, 0.25) is 0 Å². The minimum atomic E-state index is 0.272. The summed E-state index contributed by atoms with van der Waals surface area (Å²) in [7, 11) is 0. The first-order chi connectivity index (χ1) is 16.7. The Labute approximate surface area is 201 Å². The number of nitrogens with zero attached hydrogens (tertiary/aromatic N) is 7. The molecule has 0 bridgehead atoms. The predicted octanol–water partition coefficient (Wildman–Crippen LogP) is 1.16. The van der Waals surface area contributed by atoms with Crippen molar-refractivity contribution in [3.05, 3.63) is 35.8 Å². The second kappa shape index (κ2) is 9.64. The van der Waals surface area contributed by atoms with Gasteiger partial charge in [0.15, 0.2) is 0 Å². The van der Waals surface area contributed by atoms with E-state index in [1.54, 1.807) is 0 Å². The largest absolute Gasteiger partial charge is 0.378 e. The van der Waals surface area contributed by atoms with Gasteiger partial charge in [-0.15, -0.1) is 0 Å². The van der Waals surface area contributed by atoms with Gasteiger partial charge in [-0.25, -0.2) is 9.67 Å². The van der Waals surface area contributed by atoms with Crippen LogP contribution in [0.4, 0.5) is 5.82 Å². The van der Waals surface area contributed by atoms with Crippen molar-refractivity contribution < 1.29 is 9.53 Å². The molecule has 5 heterocycles. The molecule has 1 saturated carbocycles. The van der Waals surface area contributed by atoms with Crippen molar-refractivity contribution in [2.24, 2.45) is 0 Å². The Morgan fingerprint density at radius 3 is 2.65 bits per heavy atom. The number of rotatable bonds is 5. The second-order valence-corrected chi connectivity index (χ2v) is 9.98. The normalized spacial score (nSPS) is 22.5. The summed E-state index contributed by atoms with van der Waals surface area (Å²) in [4.78, 5) is 26.7. The summed E-state index contributed by atoms with van der Waals surface area (Å²) in [5.41, 5.74) is 3.39. The van der Waals surface area contributed by atoms with Crippen LogP contribution in [0.5, 0.6) is 0 Å². The minimum absolute atomic E-state index is 0.272. The smallest absolute Gasteiger partial charge is 0.236 e. The summed E-state index contributed by atoms with van der Waals surface area (Å²) in [6, 6.07) is 4.89. The first kappa shape index (κ1) is 22.0. The molecule has 0 N–H and O–H groups in total. The molecule has 6 rings (SSSR count). The van der Waals surface area contributed by atoms with Crippen molar-refractivity contribution in [3.8, 4) is 5.69 Å². The molecule has 0 aromatic carbocycles. The number of carbonyl (C=O) groups excluding carboxylic acids is 1. The van der Waals surface area contributed by atoms with E-state index >= 15 is 0 Å². The Morgan fingerprint density at radius 2 is 1.88 bits per heavy atom. The SMILES string of the molecule is O=C(CN1CCc2nn(-c3ccnc(N4CCOCC4)c3)cc2C1)N1CCN(C2CCC2)CC1. The number of aromatic nitrogens is 3. The van der Waals surface area contributed by atoms with Crippen molar-refractivity contribution in [1.82, 2.24) is 29.5 Å². The third-order valence-electron chi connectivity index (χ3n) is 7.88. The second-order valence-electron chi connectivity index (χ2n) is 9.98. The Kier molecular flexibility index (Phi) is 6.24. The third-order valence-corrected chi connectivity index (χ3v) is 7.88. The van der Waals surface area contributed by atoms with Gasteiger partial charge in [0.25, 0.3) is 0 Å². The Bertz CT molecular complexity index is 1010. The van der Waals surface area contributed by atoms with E-state index in [4.69, 9.17) is 9.84 Å². The van der Waals surface area contributed by atoms with Gasteiger partial charge in [0.1, 0.15) is 5.82 Å². The number of pyridine rings is 1. The molecule has 0 radical (unpaired) electrons. The van der Waals surface area contributed by atoms with Gasteiger partial charge in [0, 0.05) is 88.8 Å². The van der Waals surface area contributed by atoms with Gasteiger partial charge in [0.2, 0.25) is 5.91 Å². The molecule has 9 nitrogen and oxygen atoms in total. The van der Waals surface area contributed by atoms with Crippen molar-refractivity contribution in [3.63, 3.8) is 0 Å². The molecular formula is C25H35N7O2. The zero-order valence-electron chi connectivity index (χ0n) is 19.9. The highest BCUT2D eigenvalue weighted by Gasteiger charge is 2.30. The molecule has 0 unspecified atom stereocenters. The monoisotopic (exact) mass is 465 g/mol. The molecular weight excluding hydrogens is 430 g/mol. The van der Waals surface area contributed by atoms with E-state index in [0.29, 0.717) is 6.54 Å². The average molecular weight is 466 g/mol. The first-order valence-electron chi connectivity index (χ1n) is 12.8. The predicted molar refractivity (Wildman–Crippen MR) is 129 cm³/mol. The summed E-state index contributed by atoms with van der Waals surface area (Å²) in [6.07, 6.45) is 8.91. The van der Waals surface area contributed by atoms with Gasteiger partial charge in [0.05, 0.1) is 31.1 Å². The van der Waals surface area contributed by atoms with E-state index in [-0.39, 0.29) is 5.91 Å². The van der Waals surface area contributed by atoms with Crippen LogP contribution in [0, 0.1) is 0 Å². The maximum Gasteiger partial charge on any atom is 0.236 e. The van der Waals surface area contributed by atoms with Gasteiger partial charge in [-0.05, 0) is 18.9 Å². The number of piperazine rings is 1. The molecule has 2 saturated heterocycles. The molecule has 3 fully saturated rings. The average Bonchev–Trinajstić information content (AvgIpc) is 3.28. The Morgan fingerprint density at radius 1 is 1.06 bits per heavy atom. The quantitative estimate of drug-likeness (QED) is 0.656. The molecule has 3 aliphatic heterocycles. The number of carbonyl (C=O) groups is 1. The molecule has 2 aromatic heterocycles. The van der Waals surface area contributed by atoms with E-state index in [1.807, 2.05) is 16.9 Å². The van der Waals surface area contributed by atoms with Crippen LogP contribution < -0.4 is 4.90 Å². The minimum Gasteiger partial charge on any atom is -0.378 e. The molecule has 1 aliphatic carbocycles. The van der Waals surface area contributed by atoms with E-state index < -0.39 is 0 Å². The highest BCUT2D eigenvalue weighted by atomic mass is 16.5. The zero-order chi connectivity index (χ0) is 22.9.